The fraction of sp³-hybridized carbons (Fsp3) is 0.526. The Hall–Kier alpha value is -1.34. The molecule has 4 rings (SSSR count). The van der Waals surface area contributed by atoms with E-state index in [-0.39, 0.29) is 26.2 Å². The molecule has 2 fully saturated rings. The number of pyridine rings is 1. The molecule has 2 aromatic rings. The van der Waals surface area contributed by atoms with Crippen LogP contribution in [-0.2, 0) is 4.74 Å². The van der Waals surface area contributed by atoms with Gasteiger partial charge in [0.05, 0.1) is 18.4 Å². The molecular formula is C19H21Cl3N4O2. The molecule has 0 bridgehead atoms. The summed E-state index contributed by atoms with van der Waals surface area (Å²) >= 11 is 18.7. The standard InChI is InChI=1S/C19H21Cl3N4O2/c1-11-9-19(10-28-11)4-7-25(8-5-19)17-15(21)18(27)26(12(2)24-17)13-3-6-23-16(22)14(13)20/h3,6,11H,4-5,7-10H2,1-2H3/t11-/m0/s1. The first kappa shape index (κ1) is 20.0. The highest BCUT2D eigenvalue weighted by atomic mass is 35.5. The van der Waals surface area contributed by atoms with E-state index < -0.39 is 0 Å². The maximum atomic E-state index is 13.0. The summed E-state index contributed by atoms with van der Waals surface area (Å²) in [5.74, 6) is 1.02. The second kappa shape index (κ2) is 7.48. The van der Waals surface area contributed by atoms with Crippen LogP contribution in [0, 0.1) is 12.3 Å². The van der Waals surface area contributed by atoms with Gasteiger partial charge in [-0.1, -0.05) is 34.8 Å². The Morgan fingerprint density at radius 1 is 1.21 bits per heavy atom. The van der Waals surface area contributed by atoms with Crippen LogP contribution in [0.4, 0.5) is 5.82 Å². The fourth-order valence-electron chi connectivity index (χ4n) is 4.26. The average Bonchev–Trinajstić information content (AvgIpc) is 3.03. The number of halogens is 3. The van der Waals surface area contributed by atoms with Gasteiger partial charge in [-0.15, -0.1) is 0 Å². The van der Waals surface area contributed by atoms with Crippen LogP contribution in [0.25, 0.3) is 5.69 Å². The van der Waals surface area contributed by atoms with Gasteiger partial charge in [0.1, 0.15) is 21.0 Å². The Balaban J connectivity index is 1.66. The molecule has 2 aliphatic rings. The normalized spacial score (nSPS) is 21.5. The van der Waals surface area contributed by atoms with E-state index in [1.807, 2.05) is 0 Å². The maximum absolute atomic E-state index is 13.0. The SMILES string of the molecule is Cc1nc(N2CCC3(CC2)CO[C@@H](C)C3)c(Cl)c(=O)n1-c1ccnc(Cl)c1Cl. The summed E-state index contributed by atoms with van der Waals surface area (Å²) in [7, 11) is 0. The number of nitrogens with zero attached hydrogens (tertiary/aromatic N) is 4. The molecule has 1 atom stereocenters. The maximum Gasteiger partial charge on any atom is 0.279 e. The lowest BCUT2D eigenvalue weighted by molar-refractivity contribution is 0.0976. The lowest BCUT2D eigenvalue weighted by Crippen LogP contribution is -2.42. The van der Waals surface area contributed by atoms with Crippen LogP contribution < -0.4 is 10.5 Å². The molecule has 0 saturated carbocycles. The number of ether oxygens (including phenoxy) is 1. The van der Waals surface area contributed by atoms with Crippen LogP contribution in [0.5, 0.6) is 0 Å². The third-order valence-corrected chi connectivity index (χ3v) is 6.85. The molecule has 150 valence electrons. The number of piperidine rings is 1. The molecular weight excluding hydrogens is 423 g/mol. The number of hydrogen-bond donors (Lipinski definition) is 0. The summed E-state index contributed by atoms with van der Waals surface area (Å²) in [6.07, 6.45) is 4.90. The molecule has 2 saturated heterocycles. The van der Waals surface area contributed by atoms with Gasteiger partial charge >= 0.3 is 0 Å². The monoisotopic (exact) mass is 442 g/mol. The third-order valence-electron chi connectivity index (χ3n) is 5.76. The minimum absolute atomic E-state index is 0.0848. The minimum Gasteiger partial charge on any atom is -0.378 e. The Morgan fingerprint density at radius 2 is 1.93 bits per heavy atom. The highest BCUT2D eigenvalue weighted by Crippen LogP contribution is 2.43. The molecule has 0 N–H and O–H groups in total. The quantitative estimate of drug-likeness (QED) is 0.648. The highest BCUT2D eigenvalue weighted by Gasteiger charge is 2.41. The van der Waals surface area contributed by atoms with Crippen molar-refractivity contribution >= 4 is 40.6 Å². The van der Waals surface area contributed by atoms with Crippen LogP contribution in [0.2, 0.25) is 15.2 Å². The van der Waals surface area contributed by atoms with Gasteiger partial charge in [-0.05, 0) is 44.6 Å². The van der Waals surface area contributed by atoms with E-state index in [1.54, 1.807) is 13.0 Å². The molecule has 0 radical (unpaired) electrons. The zero-order valence-electron chi connectivity index (χ0n) is 15.7. The van der Waals surface area contributed by atoms with Crippen LogP contribution in [0.1, 0.15) is 32.0 Å². The molecule has 28 heavy (non-hydrogen) atoms. The van der Waals surface area contributed by atoms with E-state index in [4.69, 9.17) is 39.5 Å². The summed E-state index contributed by atoms with van der Waals surface area (Å²) in [5.41, 5.74) is 0.291. The molecule has 6 nitrogen and oxygen atoms in total. The van der Waals surface area contributed by atoms with E-state index in [2.05, 4.69) is 21.8 Å². The van der Waals surface area contributed by atoms with Gasteiger partial charge in [0.25, 0.3) is 5.56 Å². The lowest BCUT2D eigenvalue weighted by atomic mass is 9.77. The molecule has 2 aromatic heterocycles. The van der Waals surface area contributed by atoms with Crippen LogP contribution in [0.3, 0.4) is 0 Å². The summed E-state index contributed by atoms with van der Waals surface area (Å²) in [6, 6.07) is 1.62. The molecule has 2 aliphatic heterocycles. The molecule has 9 heteroatoms. The van der Waals surface area contributed by atoms with Gasteiger partial charge in [0, 0.05) is 19.3 Å². The Bertz CT molecular complexity index is 970. The van der Waals surface area contributed by atoms with Crippen molar-refractivity contribution in [2.24, 2.45) is 5.41 Å². The molecule has 1 spiro atoms. The molecule has 0 unspecified atom stereocenters. The minimum atomic E-state index is -0.369. The average molecular weight is 444 g/mol. The predicted molar refractivity (Wildman–Crippen MR) is 111 cm³/mol. The molecule has 0 amide bonds. The largest absolute Gasteiger partial charge is 0.378 e. The topological polar surface area (TPSA) is 60.3 Å². The molecule has 0 aliphatic carbocycles. The smallest absolute Gasteiger partial charge is 0.279 e. The van der Waals surface area contributed by atoms with Crippen molar-refractivity contribution in [3.8, 4) is 5.69 Å². The van der Waals surface area contributed by atoms with Crippen LogP contribution in [-0.4, -0.2) is 40.3 Å². The Labute approximate surface area is 178 Å². The van der Waals surface area contributed by atoms with Crippen LogP contribution >= 0.6 is 34.8 Å². The van der Waals surface area contributed by atoms with E-state index in [0.717, 1.165) is 39.0 Å². The van der Waals surface area contributed by atoms with Gasteiger partial charge in [-0.2, -0.15) is 0 Å². The Morgan fingerprint density at radius 3 is 2.57 bits per heavy atom. The zero-order chi connectivity index (χ0) is 20.1. The second-order valence-electron chi connectivity index (χ2n) is 7.68. The highest BCUT2D eigenvalue weighted by molar-refractivity contribution is 6.42. The summed E-state index contributed by atoms with van der Waals surface area (Å²) in [6.45, 7) is 6.29. The molecule has 0 aromatic carbocycles. The van der Waals surface area contributed by atoms with E-state index in [0.29, 0.717) is 23.4 Å². The van der Waals surface area contributed by atoms with Gasteiger partial charge in [0.2, 0.25) is 0 Å². The van der Waals surface area contributed by atoms with Crippen molar-refractivity contribution in [3.63, 3.8) is 0 Å². The van der Waals surface area contributed by atoms with Crippen molar-refractivity contribution in [3.05, 3.63) is 43.6 Å². The third kappa shape index (κ3) is 3.41. The van der Waals surface area contributed by atoms with E-state index in [1.165, 1.54) is 10.8 Å². The molecule has 4 heterocycles. The first-order valence-corrected chi connectivity index (χ1v) is 10.4. The van der Waals surface area contributed by atoms with E-state index in [9.17, 15) is 4.79 Å². The second-order valence-corrected chi connectivity index (χ2v) is 8.80. The zero-order valence-corrected chi connectivity index (χ0v) is 18.0. The van der Waals surface area contributed by atoms with Crippen molar-refractivity contribution in [2.45, 2.75) is 39.2 Å². The number of aryl methyl sites for hydroxylation is 1. The van der Waals surface area contributed by atoms with E-state index >= 15 is 0 Å². The van der Waals surface area contributed by atoms with Gasteiger partial charge in [-0.25, -0.2) is 9.97 Å². The first-order chi connectivity index (χ1) is 13.3. The summed E-state index contributed by atoms with van der Waals surface area (Å²) in [4.78, 5) is 23.7. The summed E-state index contributed by atoms with van der Waals surface area (Å²) in [5, 5.41) is 0.400. The summed E-state index contributed by atoms with van der Waals surface area (Å²) < 4.78 is 7.17. The Kier molecular flexibility index (Phi) is 5.33. The van der Waals surface area contributed by atoms with Gasteiger partial charge in [0.15, 0.2) is 5.82 Å². The van der Waals surface area contributed by atoms with Crippen molar-refractivity contribution in [1.29, 1.82) is 0 Å². The van der Waals surface area contributed by atoms with Crippen molar-refractivity contribution in [2.75, 3.05) is 24.6 Å². The number of hydrogen-bond acceptors (Lipinski definition) is 5. The lowest BCUT2D eigenvalue weighted by Gasteiger charge is -2.39. The number of aromatic nitrogens is 3. The first-order valence-electron chi connectivity index (χ1n) is 9.27. The van der Waals surface area contributed by atoms with Gasteiger partial charge < -0.3 is 9.64 Å². The van der Waals surface area contributed by atoms with Crippen molar-refractivity contribution in [1.82, 2.24) is 14.5 Å². The fourth-order valence-corrected chi connectivity index (χ4v) is 4.85. The van der Waals surface area contributed by atoms with Crippen LogP contribution in [0.15, 0.2) is 17.1 Å². The van der Waals surface area contributed by atoms with Gasteiger partial charge in [-0.3, -0.25) is 9.36 Å². The predicted octanol–water partition coefficient (Wildman–Crippen LogP) is 4.29. The van der Waals surface area contributed by atoms with Crippen molar-refractivity contribution < 1.29 is 4.74 Å². The number of anilines is 1. The number of rotatable bonds is 2.